The Labute approximate surface area is 119 Å². The number of amides is 1. The average molecular weight is 264 g/mol. The van der Waals surface area contributed by atoms with E-state index in [1.807, 2.05) is 38.1 Å². The molecule has 100 valence electrons. The van der Waals surface area contributed by atoms with Gasteiger partial charge in [0.25, 0.3) is 5.91 Å². The molecule has 0 aliphatic rings. The number of anilines is 1. The summed E-state index contributed by atoms with van der Waals surface area (Å²) in [5.74, 6) is -0.0844. The third-order valence-corrected chi connectivity index (χ3v) is 3.21. The lowest BCUT2D eigenvalue weighted by Crippen LogP contribution is -2.31. The van der Waals surface area contributed by atoms with Crippen molar-refractivity contribution in [3.8, 4) is 6.07 Å². The Morgan fingerprint density at radius 2 is 1.95 bits per heavy atom. The summed E-state index contributed by atoms with van der Waals surface area (Å²) in [4.78, 5) is 14.3. The SMILES string of the molecule is CCN(C(=O)c1cccc(C#N)c1)c1ccccc1C. The molecule has 0 bridgehead atoms. The number of aryl methyl sites for hydroxylation is 1. The molecule has 0 saturated carbocycles. The number of nitriles is 1. The lowest BCUT2D eigenvalue weighted by Gasteiger charge is -2.23. The first-order valence-corrected chi connectivity index (χ1v) is 6.55. The lowest BCUT2D eigenvalue weighted by atomic mass is 10.1. The van der Waals surface area contributed by atoms with Crippen LogP contribution in [0.5, 0.6) is 0 Å². The Morgan fingerprint density at radius 3 is 2.60 bits per heavy atom. The Hall–Kier alpha value is -2.60. The molecule has 0 atom stereocenters. The first-order chi connectivity index (χ1) is 9.67. The van der Waals surface area contributed by atoms with Crippen LogP contribution in [-0.2, 0) is 0 Å². The molecule has 3 heteroatoms. The fourth-order valence-electron chi connectivity index (χ4n) is 2.17. The van der Waals surface area contributed by atoms with Gasteiger partial charge in [-0.3, -0.25) is 4.79 Å². The molecule has 0 aromatic heterocycles. The van der Waals surface area contributed by atoms with E-state index in [2.05, 4.69) is 6.07 Å². The van der Waals surface area contributed by atoms with E-state index in [-0.39, 0.29) is 5.91 Å². The zero-order valence-electron chi connectivity index (χ0n) is 11.6. The number of rotatable bonds is 3. The van der Waals surface area contributed by atoms with Crippen LogP contribution >= 0.6 is 0 Å². The van der Waals surface area contributed by atoms with E-state index in [4.69, 9.17) is 5.26 Å². The van der Waals surface area contributed by atoms with E-state index in [1.165, 1.54) is 0 Å². The summed E-state index contributed by atoms with van der Waals surface area (Å²) >= 11 is 0. The van der Waals surface area contributed by atoms with Gasteiger partial charge in [0.1, 0.15) is 0 Å². The predicted octanol–water partition coefficient (Wildman–Crippen LogP) is 3.53. The number of para-hydroxylation sites is 1. The van der Waals surface area contributed by atoms with Crippen LogP contribution in [0.1, 0.15) is 28.4 Å². The van der Waals surface area contributed by atoms with Crippen molar-refractivity contribution < 1.29 is 4.79 Å². The largest absolute Gasteiger partial charge is 0.308 e. The molecule has 0 saturated heterocycles. The van der Waals surface area contributed by atoms with E-state index in [0.717, 1.165) is 11.3 Å². The van der Waals surface area contributed by atoms with Gasteiger partial charge in [-0.2, -0.15) is 5.26 Å². The summed E-state index contributed by atoms with van der Waals surface area (Å²) < 4.78 is 0. The van der Waals surface area contributed by atoms with Crippen LogP contribution in [0.25, 0.3) is 0 Å². The van der Waals surface area contributed by atoms with Crippen molar-refractivity contribution >= 4 is 11.6 Å². The second kappa shape index (κ2) is 6.03. The minimum Gasteiger partial charge on any atom is -0.308 e. The minimum atomic E-state index is -0.0844. The third-order valence-electron chi connectivity index (χ3n) is 3.21. The number of nitrogens with zero attached hydrogens (tertiary/aromatic N) is 2. The molecule has 1 amide bonds. The number of hydrogen-bond acceptors (Lipinski definition) is 2. The smallest absolute Gasteiger partial charge is 0.258 e. The fraction of sp³-hybridized carbons (Fsp3) is 0.176. The molecule has 2 rings (SSSR count). The number of carbonyl (C=O) groups excluding carboxylic acids is 1. The van der Waals surface area contributed by atoms with Crippen LogP contribution in [0.2, 0.25) is 0 Å². The van der Waals surface area contributed by atoms with Gasteiger partial charge in [-0.05, 0) is 43.7 Å². The molecule has 0 spiro atoms. The molecular formula is C17H16N2O. The van der Waals surface area contributed by atoms with Crippen molar-refractivity contribution in [2.75, 3.05) is 11.4 Å². The highest BCUT2D eigenvalue weighted by Gasteiger charge is 2.17. The number of carbonyl (C=O) groups is 1. The molecule has 0 aliphatic heterocycles. The van der Waals surface area contributed by atoms with E-state index >= 15 is 0 Å². The highest BCUT2D eigenvalue weighted by atomic mass is 16.2. The van der Waals surface area contributed by atoms with E-state index in [0.29, 0.717) is 17.7 Å². The van der Waals surface area contributed by atoms with Gasteiger partial charge in [-0.1, -0.05) is 24.3 Å². The molecule has 0 aliphatic carbocycles. The maximum atomic E-state index is 12.6. The minimum absolute atomic E-state index is 0.0844. The first kappa shape index (κ1) is 13.8. The van der Waals surface area contributed by atoms with Crippen LogP contribution in [0.15, 0.2) is 48.5 Å². The maximum absolute atomic E-state index is 12.6. The summed E-state index contributed by atoms with van der Waals surface area (Å²) in [5.41, 5.74) is 2.99. The molecule has 3 nitrogen and oxygen atoms in total. The highest BCUT2D eigenvalue weighted by Crippen LogP contribution is 2.21. The molecule has 20 heavy (non-hydrogen) atoms. The average Bonchev–Trinajstić information content (AvgIpc) is 2.49. The molecule has 0 N–H and O–H groups in total. The van der Waals surface area contributed by atoms with Gasteiger partial charge in [0.2, 0.25) is 0 Å². The molecular weight excluding hydrogens is 248 g/mol. The number of benzene rings is 2. The Morgan fingerprint density at radius 1 is 1.20 bits per heavy atom. The van der Waals surface area contributed by atoms with Crippen LogP contribution < -0.4 is 4.90 Å². The first-order valence-electron chi connectivity index (χ1n) is 6.55. The molecule has 2 aromatic rings. The van der Waals surface area contributed by atoms with E-state index in [9.17, 15) is 4.79 Å². The zero-order valence-corrected chi connectivity index (χ0v) is 11.6. The van der Waals surface area contributed by atoms with Crippen LogP contribution in [0.3, 0.4) is 0 Å². The van der Waals surface area contributed by atoms with Gasteiger partial charge in [0.15, 0.2) is 0 Å². The standard InChI is InChI=1S/C17H16N2O/c1-3-19(16-10-5-4-7-13(16)2)17(20)15-9-6-8-14(11-15)12-18/h4-11H,3H2,1-2H3. The van der Waals surface area contributed by atoms with Crippen molar-refractivity contribution in [3.05, 3.63) is 65.2 Å². The zero-order chi connectivity index (χ0) is 14.5. The van der Waals surface area contributed by atoms with Gasteiger partial charge in [0, 0.05) is 17.8 Å². The quantitative estimate of drug-likeness (QED) is 0.851. The molecule has 2 aromatic carbocycles. The summed E-state index contributed by atoms with van der Waals surface area (Å²) in [6.07, 6.45) is 0. The number of hydrogen-bond donors (Lipinski definition) is 0. The van der Waals surface area contributed by atoms with Crippen molar-refractivity contribution in [2.24, 2.45) is 0 Å². The van der Waals surface area contributed by atoms with Crippen molar-refractivity contribution in [2.45, 2.75) is 13.8 Å². The molecule has 0 radical (unpaired) electrons. The Balaban J connectivity index is 2.40. The van der Waals surface area contributed by atoms with Crippen molar-refractivity contribution in [1.82, 2.24) is 0 Å². The Bertz CT molecular complexity index is 671. The van der Waals surface area contributed by atoms with Gasteiger partial charge < -0.3 is 4.90 Å². The summed E-state index contributed by atoms with van der Waals surface area (Å²) in [7, 11) is 0. The molecule has 0 unspecified atom stereocenters. The second-order valence-electron chi connectivity index (χ2n) is 4.53. The van der Waals surface area contributed by atoms with Crippen LogP contribution in [0.4, 0.5) is 5.69 Å². The monoisotopic (exact) mass is 264 g/mol. The topological polar surface area (TPSA) is 44.1 Å². The lowest BCUT2D eigenvalue weighted by molar-refractivity contribution is 0.0988. The van der Waals surface area contributed by atoms with Gasteiger partial charge in [-0.25, -0.2) is 0 Å². The fourth-order valence-corrected chi connectivity index (χ4v) is 2.17. The van der Waals surface area contributed by atoms with Crippen LogP contribution in [-0.4, -0.2) is 12.5 Å². The van der Waals surface area contributed by atoms with Crippen molar-refractivity contribution in [1.29, 1.82) is 5.26 Å². The molecule has 0 heterocycles. The van der Waals surface area contributed by atoms with E-state index in [1.54, 1.807) is 29.2 Å². The predicted molar refractivity (Wildman–Crippen MR) is 79.7 cm³/mol. The third kappa shape index (κ3) is 2.70. The van der Waals surface area contributed by atoms with Crippen molar-refractivity contribution in [3.63, 3.8) is 0 Å². The second-order valence-corrected chi connectivity index (χ2v) is 4.53. The summed E-state index contributed by atoms with van der Waals surface area (Å²) in [5, 5.41) is 8.93. The maximum Gasteiger partial charge on any atom is 0.258 e. The Kier molecular flexibility index (Phi) is 4.17. The summed E-state index contributed by atoms with van der Waals surface area (Å²) in [6, 6.07) is 16.6. The van der Waals surface area contributed by atoms with E-state index < -0.39 is 0 Å². The molecule has 0 fully saturated rings. The van der Waals surface area contributed by atoms with Gasteiger partial charge in [-0.15, -0.1) is 0 Å². The normalized spacial score (nSPS) is 9.85. The highest BCUT2D eigenvalue weighted by molar-refractivity contribution is 6.06. The summed E-state index contributed by atoms with van der Waals surface area (Å²) in [6.45, 7) is 4.51. The van der Waals surface area contributed by atoms with Gasteiger partial charge in [0.05, 0.1) is 11.6 Å². The van der Waals surface area contributed by atoms with Gasteiger partial charge >= 0.3 is 0 Å². The van der Waals surface area contributed by atoms with Crippen LogP contribution in [0, 0.1) is 18.3 Å².